The van der Waals surface area contributed by atoms with Gasteiger partial charge in [0.1, 0.15) is 23.3 Å². The Labute approximate surface area is 458 Å². The molecule has 400 valence electrons. The molecule has 4 aliphatic rings. The topological polar surface area (TPSA) is 130 Å². The molecule has 2 saturated heterocycles. The summed E-state index contributed by atoms with van der Waals surface area (Å²) >= 11 is 0. The molecule has 2 aromatic carbocycles. The van der Waals surface area contributed by atoms with Gasteiger partial charge in [-0.1, -0.05) is 60.7 Å². The molecule has 1 unspecified atom stereocenters. The van der Waals surface area contributed by atoms with Crippen molar-refractivity contribution in [3.63, 3.8) is 0 Å². The van der Waals surface area contributed by atoms with E-state index in [1.807, 2.05) is 72.8 Å². The number of hydrogen-bond donors (Lipinski definition) is 1. The van der Waals surface area contributed by atoms with Crippen LogP contribution < -0.4 is 5.32 Å². The number of fused-ring (bicyclic) bond motifs is 2. The van der Waals surface area contributed by atoms with Crippen molar-refractivity contribution in [2.45, 2.75) is 38.3 Å². The number of rotatable bonds is 9. The van der Waals surface area contributed by atoms with Gasteiger partial charge in [-0.15, -0.1) is 36.6 Å². The number of aromatic nitrogens is 8. The molecule has 12 rings (SSSR count). The number of benzene rings is 2. The summed E-state index contributed by atoms with van der Waals surface area (Å²) in [5.41, 5.74) is -2.44. The van der Waals surface area contributed by atoms with Crippen LogP contribution in [0.15, 0.2) is 146 Å². The number of nitrogens with zero attached hydrogens (tertiary/aromatic N) is 11. The maximum Gasteiger partial charge on any atom is 2.00 e. The zero-order valence-electron chi connectivity index (χ0n) is 40.3. The van der Waals surface area contributed by atoms with Gasteiger partial charge >= 0.3 is 26.4 Å². The summed E-state index contributed by atoms with van der Waals surface area (Å²) in [4.78, 5) is 16.7. The van der Waals surface area contributed by atoms with E-state index in [1.165, 1.54) is 12.1 Å². The Kier molecular flexibility index (Phi) is 17.5. The molecule has 25 heteroatoms. The van der Waals surface area contributed by atoms with Crippen LogP contribution >= 0.6 is 12.4 Å². The minimum atomic E-state index is -4.49. The fourth-order valence-corrected chi connectivity index (χ4v) is 9.18. The molecule has 4 aliphatic heterocycles. The Morgan fingerprint density at radius 3 is 1.73 bits per heavy atom. The second-order valence-corrected chi connectivity index (χ2v) is 17.3. The Balaban J connectivity index is 0.000000252. The van der Waals surface area contributed by atoms with E-state index >= 15 is 43.8 Å². The first-order valence-corrected chi connectivity index (χ1v) is 23.7. The minimum Gasteiger partial charge on any atom is -0.688 e. The van der Waals surface area contributed by atoms with Crippen LogP contribution in [-0.2, 0) is 26.0 Å². The van der Waals surface area contributed by atoms with Gasteiger partial charge in [0.15, 0.2) is 52.2 Å². The van der Waals surface area contributed by atoms with Crippen molar-refractivity contribution in [2.24, 2.45) is 0 Å². The summed E-state index contributed by atoms with van der Waals surface area (Å²) in [5, 5.41) is 17.8. The summed E-state index contributed by atoms with van der Waals surface area (Å²) in [6.45, 7) is -4.40. The van der Waals surface area contributed by atoms with E-state index in [2.05, 4.69) is 46.2 Å². The van der Waals surface area contributed by atoms with Gasteiger partial charge in [-0.05, 0) is 66.9 Å². The molecule has 78 heavy (non-hydrogen) atoms. The van der Waals surface area contributed by atoms with Gasteiger partial charge < -0.3 is 33.5 Å². The van der Waals surface area contributed by atoms with Crippen molar-refractivity contribution < 1.29 is 67.7 Å². The van der Waals surface area contributed by atoms with E-state index in [-0.39, 0.29) is 43.2 Å². The number of hydrogen-bond acceptors (Lipinski definition) is 7. The molecule has 0 bridgehead atoms. The van der Waals surface area contributed by atoms with Crippen molar-refractivity contribution in [1.29, 1.82) is 0 Å². The predicted molar refractivity (Wildman–Crippen MR) is 272 cm³/mol. The van der Waals surface area contributed by atoms with Gasteiger partial charge in [0.05, 0.1) is 52.2 Å². The normalized spacial score (nSPS) is 16.3. The molecule has 0 spiro atoms. The second-order valence-electron chi connectivity index (χ2n) is 17.3. The Hall–Kier alpha value is -7.81. The molecule has 1 N–H and O–H groups in total. The number of nitrogens with one attached hydrogen (secondary N) is 1. The molecule has 2 fully saturated rings. The SMILES string of the molecule is Cl.Fc1c(F)c(C(=C2CCC[N-]2)C2CCC[N-]2)c(F)c(F)c1NCc1cn(-c2c(F)c(F)c(C3=C4C=CC=[N+]4[B-](F)(F)n4cccc43)c(F)c2F)nn1.[Ru+2].c1ccc(-c2ccccn2)nc1.c1ccc(-c2ccccn2)nc1. The maximum atomic E-state index is 15.7. The van der Waals surface area contributed by atoms with Gasteiger partial charge in [0, 0.05) is 42.6 Å². The third kappa shape index (κ3) is 10.9. The fourth-order valence-electron chi connectivity index (χ4n) is 9.18. The number of pyridine rings is 4. The molecule has 6 aromatic heterocycles. The largest absolute Gasteiger partial charge is 2.00 e. The number of allylic oxidation sites excluding steroid dienone is 3. The van der Waals surface area contributed by atoms with E-state index in [9.17, 15) is 0 Å². The molecule has 8 aromatic rings. The monoisotopic (exact) mass is 1180 g/mol. The predicted octanol–water partition coefficient (Wildman–Crippen LogP) is 12.6. The van der Waals surface area contributed by atoms with Crippen molar-refractivity contribution >= 4 is 42.4 Å². The van der Waals surface area contributed by atoms with Crippen LogP contribution in [-0.4, -0.2) is 76.2 Å². The maximum absolute atomic E-state index is 15.7. The van der Waals surface area contributed by atoms with Crippen LogP contribution in [0.5, 0.6) is 0 Å². The molecule has 10 heterocycles. The van der Waals surface area contributed by atoms with Gasteiger partial charge in [-0.2, -0.15) is 5.70 Å². The third-order valence-corrected chi connectivity index (χ3v) is 12.7. The summed E-state index contributed by atoms with van der Waals surface area (Å²) < 4.78 is 156. The number of halogens is 11. The fraction of sp³-hybridized carbons (Fsp3) is 0.151. The van der Waals surface area contributed by atoms with E-state index in [0.717, 1.165) is 53.5 Å². The minimum absolute atomic E-state index is 0. The van der Waals surface area contributed by atoms with Crippen LogP contribution in [0, 0.1) is 46.5 Å². The number of anilines is 1. The molecule has 0 saturated carbocycles. The van der Waals surface area contributed by atoms with Crippen molar-refractivity contribution in [1.82, 2.24) is 39.4 Å². The van der Waals surface area contributed by atoms with Crippen molar-refractivity contribution in [3.8, 4) is 28.5 Å². The molecule has 0 amide bonds. The van der Waals surface area contributed by atoms with Gasteiger partial charge in [0.25, 0.3) is 0 Å². The molecule has 12 nitrogen and oxygen atoms in total. The molecular weight excluding hydrogens is 1140 g/mol. The first kappa shape index (κ1) is 56.4. The van der Waals surface area contributed by atoms with Crippen molar-refractivity contribution in [3.05, 3.63) is 225 Å². The van der Waals surface area contributed by atoms with Crippen LogP contribution in [0.3, 0.4) is 0 Å². The van der Waals surface area contributed by atoms with E-state index in [0.29, 0.717) is 58.1 Å². The van der Waals surface area contributed by atoms with E-state index in [1.54, 1.807) is 24.8 Å². The summed E-state index contributed by atoms with van der Waals surface area (Å²) in [6.07, 6.45) is 14.0. The standard InChI is InChI=1S/C33H23BF10N8.2C10H8N2.ClH.Ru/c35-24-22(20(16-5-1-9-45-16)17-6-2-10-46-17)25(36)29(40)32(28(24)39)47-13-15-14-52(49-48-15)33-30(41)26(37)23(27(38)31(33)42)21-18-7-3-11-50(18)34(43,44)51-12-4-8-19(21)51;2*1-3-7-11-9(5-1)10-6-2-4-8-12-10;;/h3-4,7-8,11-12,14,16,47H,1-2,5-6,9-10,13H2;2*1-8H;1H;/q-2;;;;+2. The third-order valence-electron chi connectivity index (χ3n) is 12.7. The molecule has 0 aliphatic carbocycles. The first-order valence-electron chi connectivity index (χ1n) is 23.7. The average Bonchev–Trinajstić information content (AvgIpc) is 4.37. The van der Waals surface area contributed by atoms with Crippen LogP contribution in [0.1, 0.15) is 48.2 Å². The van der Waals surface area contributed by atoms with E-state index in [4.69, 9.17) is 0 Å². The van der Waals surface area contributed by atoms with Gasteiger partial charge in [-0.25, -0.2) is 39.8 Å². The second kappa shape index (κ2) is 24.2. The first-order chi connectivity index (χ1) is 36.8. The smallest absolute Gasteiger partial charge is 0.688 e. The molecular formula is C53H40BClF10N12Ru. The Bertz CT molecular complexity index is 3370. The van der Waals surface area contributed by atoms with Crippen LogP contribution in [0.4, 0.5) is 49.4 Å². The quantitative estimate of drug-likeness (QED) is 0.0865. The zero-order chi connectivity index (χ0) is 53.1. The van der Waals surface area contributed by atoms with Crippen LogP contribution in [0.2, 0.25) is 0 Å². The summed E-state index contributed by atoms with van der Waals surface area (Å²) in [7, 11) is 0. The van der Waals surface area contributed by atoms with Gasteiger partial charge in [-0.3, -0.25) is 19.9 Å². The molecule has 0 radical (unpaired) electrons. The molecule has 1 atom stereocenters. The van der Waals surface area contributed by atoms with Gasteiger partial charge in [0.2, 0.25) is 0 Å². The summed E-state index contributed by atoms with van der Waals surface area (Å²) in [5.74, 6) is -14.7. The Morgan fingerprint density at radius 1 is 0.679 bits per heavy atom. The van der Waals surface area contributed by atoms with Crippen LogP contribution in [0.25, 0.3) is 50.2 Å². The Morgan fingerprint density at radius 2 is 1.24 bits per heavy atom. The summed E-state index contributed by atoms with van der Waals surface area (Å²) in [6, 6.07) is 24.8. The van der Waals surface area contributed by atoms with E-state index < -0.39 is 106 Å². The van der Waals surface area contributed by atoms with Crippen molar-refractivity contribution in [2.75, 3.05) is 18.4 Å². The zero-order valence-corrected chi connectivity index (χ0v) is 42.9. The average molecular weight is 1180 g/mol.